The Labute approximate surface area is 157 Å². The molecule has 3 rings (SSSR count). The lowest BCUT2D eigenvalue weighted by atomic mass is 10.1. The fraction of sp³-hybridized carbons (Fsp3) is 0.158. The highest BCUT2D eigenvalue weighted by Crippen LogP contribution is 2.29. The number of carbonyl (C=O) groups excluding carboxylic acids is 2. The Balaban J connectivity index is 1.79. The van der Waals surface area contributed by atoms with Crippen LogP contribution in [0, 0.1) is 0 Å². The number of alkyl halides is 3. The molecule has 144 valence electrons. The SMILES string of the molecule is NC(=O)[C@@H](Cc1cnc2ccccc2n1)NC(=O)c1cccc(C(F)(F)F)c1. The van der Waals surface area contributed by atoms with Crippen molar-refractivity contribution in [3.8, 4) is 0 Å². The molecule has 0 aliphatic carbocycles. The number of nitrogens with two attached hydrogens (primary N) is 1. The normalized spacial score (nSPS) is 12.5. The van der Waals surface area contributed by atoms with Gasteiger partial charge in [-0.2, -0.15) is 13.2 Å². The maximum atomic E-state index is 12.8. The van der Waals surface area contributed by atoms with Gasteiger partial charge in [0.25, 0.3) is 5.91 Å². The molecule has 28 heavy (non-hydrogen) atoms. The highest BCUT2D eigenvalue weighted by atomic mass is 19.4. The van der Waals surface area contributed by atoms with Crippen molar-refractivity contribution in [1.29, 1.82) is 0 Å². The van der Waals surface area contributed by atoms with Gasteiger partial charge in [-0.3, -0.25) is 14.6 Å². The van der Waals surface area contributed by atoms with E-state index in [9.17, 15) is 22.8 Å². The van der Waals surface area contributed by atoms with E-state index in [4.69, 9.17) is 5.73 Å². The van der Waals surface area contributed by atoms with Crippen LogP contribution >= 0.6 is 0 Å². The number of primary amides is 1. The van der Waals surface area contributed by atoms with E-state index in [1.165, 1.54) is 12.3 Å². The number of hydrogen-bond donors (Lipinski definition) is 2. The van der Waals surface area contributed by atoms with E-state index >= 15 is 0 Å². The fourth-order valence-corrected chi connectivity index (χ4v) is 2.60. The Kier molecular flexibility index (Phi) is 5.25. The first-order valence-electron chi connectivity index (χ1n) is 8.22. The van der Waals surface area contributed by atoms with Crippen molar-refractivity contribution in [3.05, 3.63) is 71.5 Å². The molecule has 2 amide bonds. The second-order valence-corrected chi connectivity index (χ2v) is 6.06. The zero-order valence-electron chi connectivity index (χ0n) is 14.4. The molecule has 1 heterocycles. The Hall–Kier alpha value is -3.49. The minimum Gasteiger partial charge on any atom is -0.368 e. The number of para-hydroxylation sites is 2. The number of aromatic nitrogens is 2. The number of rotatable bonds is 5. The van der Waals surface area contributed by atoms with Crippen LogP contribution in [0.3, 0.4) is 0 Å². The topological polar surface area (TPSA) is 98.0 Å². The molecular weight excluding hydrogens is 373 g/mol. The molecule has 0 fully saturated rings. The highest BCUT2D eigenvalue weighted by molar-refractivity contribution is 5.97. The monoisotopic (exact) mass is 388 g/mol. The van der Waals surface area contributed by atoms with Gasteiger partial charge in [0.15, 0.2) is 0 Å². The maximum absolute atomic E-state index is 12.8. The first-order chi connectivity index (χ1) is 13.2. The van der Waals surface area contributed by atoms with Gasteiger partial charge in [-0.1, -0.05) is 18.2 Å². The van der Waals surface area contributed by atoms with Crippen molar-refractivity contribution in [2.24, 2.45) is 5.73 Å². The summed E-state index contributed by atoms with van der Waals surface area (Å²) in [4.78, 5) is 32.6. The van der Waals surface area contributed by atoms with Crippen molar-refractivity contribution < 1.29 is 22.8 Å². The van der Waals surface area contributed by atoms with Gasteiger partial charge in [0.05, 0.1) is 22.3 Å². The minimum absolute atomic E-state index is 0.0438. The van der Waals surface area contributed by atoms with Gasteiger partial charge in [-0.15, -0.1) is 0 Å². The van der Waals surface area contributed by atoms with Crippen LogP contribution in [0.1, 0.15) is 21.6 Å². The number of carbonyl (C=O) groups is 2. The lowest BCUT2D eigenvalue weighted by Gasteiger charge is -2.16. The number of nitrogens with one attached hydrogen (secondary N) is 1. The molecule has 1 aromatic heterocycles. The average Bonchev–Trinajstić information content (AvgIpc) is 2.66. The van der Waals surface area contributed by atoms with E-state index in [-0.39, 0.29) is 12.0 Å². The van der Waals surface area contributed by atoms with Gasteiger partial charge in [0.2, 0.25) is 5.91 Å². The minimum atomic E-state index is -4.58. The summed E-state index contributed by atoms with van der Waals surface area (Å²) < 4.78 is 38.4. The quantitative estimate of drug-likeness (QED) is 0.702. The summed E-state index contributed by atoms with van der Waals surface area (Å²) in [7, 11) is 0. The molecule has 0 bridgehead atoms. The van der Waals surface area contributed by atoms with Crippen LogP contribution in [0.15, 0.2) is 54.7 Å². The van der Waals surface area contributed by atoms with Crippen LogP contribution in [-0.2, 0) is 17.4 Å². The van der Waals surface area contributed by atoms with Gasteiger partial charge >= 0.3 is 6.18 Å². The third-order valence-electron chi connectivity index (χ3n) is 4.01. The molecule has 0 spiro atoms. The predicted octanol–water partition coefficient (Wildman–Crippen LogP) is 2.47. The number of benzene rings is 2. The first-order valence-corrected chi connectivity index (χ1v) is 8.22. The Morgan fingerprint density at radius 3 is 2.46 bits per heavy atom. The number of nitrogens with zero attached hydrogens (tertiary/aromatic N) is 2. The van der Waals surface area contributed by atoms with Crippen molar-refractivity contribution in [1.82, 2.24) is 15.3 Å². The first kappa shape index (κ1) is 19.3. The maximum Gasteiger partial charge on any atom is 0.416 e. The van der Waals surface area contributed by atoms with E-state index < -0.39 is 29.6 Å². The lowest BCUT2D eigenvalue weighted by molar-refractivity contribution is -0.137. The van der Waals surface area contributed by atoms with Crippen LogP contribution in [0.2, 0.25) is 0 Å². The number of fused-ring (bicyclic) bond motifs is 1. The van der Waals surface area contributed by atoms with Gasteiger partial charge in [-0.25, -0.2) is 4.98 Å². The Bertz CT molecular complexity index is 1040. The van der Waals surface area contributed by atoms with Gasteiger partial charge in [-0.05, 0) is 30.3 Å². The van der Waals surface area contributed by atoms with E-state index in [0.29, 0.717) is 22.8 Å². The van der Waals surface area contributed by atoms with Crippen molar-refractivity contribution in [3.63, 3.8) is 0 Å². The molecule has 3 N–H and O–H groups in total. The number of hydrogen-bond acceptors (Lipinski definition) is 4. The van der Waals surface area contributed by atoms with E-state index in [1.807, 2.05) is 0 Å². The Morgan fingerprint density at radius 2 is 1.79 bits per heavy atom. The van der Waals surface area contributed by atoms with Crippen molar-refractivity contribution in [2.75, 3.05) is 0 Å². The van der Waals surface area contributed by atoms with Crippen LogP contribution in [0.25, 0.3) is 11.0 Å². The zero-order chi connectivity index (χ0) is 20.3. The zero-order valence-corrected chi connectivity index (χ0v) is 14.4. The highest BCUT2D eigenvalue weighted by Gasteiger charge is 2.31. The molecule has 3 aromatic rings. The van der Waals surface area contributed by atoms with Crippen molar-refractivity contribution in [2.45, 2.75) is 18.6 Å². The summed E-state index contributed by atoms with van der Waals surface area (Å²) in [6, 6.07) is 9.84. The summed E-state index contributed by atoms with van der Waals surface area (Å²) >= 11 is 0. The standard InChI is InChI=1S/C19H15F3N4O2/c20-19(21,22)12-5-3-4-11(8-12)18(28)26-16(17(23)27)9-13-10-24-14-6-1-2-7-15(14)25-13/h1-8,10,16H,9H2,(H2,23,27)(H,26,28)/t16-/m1/s1. The summed E-state index contributed by atoms with van der Waals surface area (Å²) in [5.41, 5.74) is 5.82. The molecule has 1 atom stereocenters. The molecule has 0 radical (unpaired) electrons. The molecule has 0 saturated carbocycles. The largest absolute Gasteiger partial charge is 0.416 e. The summed E-state index contributed by atoms with van der Waals surface area (Å²) in [5, 5.41) is 2.36. The molecular formula is C19H15F3N4O2. The molecule has 0 saturated heterocycles. The third kappa shape index (κ3) is 4.43. The molecule has 0 unspecified atom stereocenters. The summed E-state index contributed by atoms with van der Waals surface area (Å²) in [6.45, 7) is 0. The van der Waals surface area contributed by atoms with Crippen LogP contribution in [-0.4, -0.2) is 27.8 Å². The van der Waals surface area contributed by atoms with E-state index in [2.05, 4.69) is 15.3 Å². The predicted molar refractivity (Wildman–Crippen MR) is 95.1 cm³/mol. The van der Waals surface area contributed by atoms with Gasteiger partial charge < -0.3 is 11.1 Å². The van der Waals surface area contributed by atoms with Crippen LogP contribution < -0.4 is 11.1 Å². The third-order valence-corrected chi connectivity index (χ3v) is 4.01. The molecule has 9 heteroatoms. The van der Waals surface area contributed by atoms with Crippen molar-refractivity contribution >= 4 is 22.8 Å². The smallest absolute Gasteiger partial charge is 0.368 e. The lowest BCUT2D eigenvalue weighted by Crippen LogP contribution is -2.46. The van der Waals surface area contributed by atoms with E-state index in [1.54, 1.807) is 24.3 Å². The Morgan fingerprint density at radius 1 is 1.07 bits per heavy atom. The molecule has 0 aliphatic heterocycles. The summed E-state index contributed by atoms with van der Waals surface area (Å²) in [6.07, 6.45) is -3.17. The average molecular weight is 388 g/mol. The van der Waals surface area contributed by atoms with Crippen LogP contribution in [0.4, 0.5) is 13.2 Å². The van der Waals surface area contributed by atoms with Crippen LogP contribution in [0.5, 0.6) is 0 Å². The van der Waals surface area contributed by atoms with E-state index in [0.717, 1.165) is 12.1 Å². The molecule has 2 aromatic carbocycles. The summed E-state index contributed by atoms with van der Waals surface area (Å²) in [5.74, 6) is -1.68. The van der Waals surface area contributed by atoms with Gasteiger partial charge in [0, 0.05) is 18.2 Å². The second kappa shape index (κ2) is 7.63. The number of amides is 2. The molecule has 6 nitrogen and oxygen atoms in total. The second-order valence-electron chi connectivity index (χ2n) is 6.06. The fourth-order valence-electron chi connectivity index (χ4n) is 2.60. The molecule has 0 aliphatic rings. The number of halogens is 3. The van der Waals surface area contributed by atoms with Gasteiger partial charge in [0.1, 0.15) is 6.04 Å².